The predicted molar refractivity (Wildman–Crippen MR) is 108 cm³/mol. The summed E-state index contributed by atoms with van der Waals surface area (Å²) < 4.78 is 13.6. The molecule has 1 N–H and O–H groups in total. The normalized spacial score (nSPS) is 16.8. The highest BCUT2D eigenvalue weighted by molar-refractivity contribution is 5.91. The second kappa shape index (κ2) is 6.92. The zero-order valence-electron chi connectivity index (χ0n) is 15.9. The zero-order chi connectivity index (χ0) is 19.8. The lowest BCUT2D eigenvalue weighted by atomic mass is 9.94. The van der Waals surface area contributed by atoms with Gasteiger partial charge in [0.2, 0.25) is 5.91 Å². The van der Waals surface area contributed by atoms with Gasteiger partial charge in [-0.2, -0.15) is 0 Å². The van der Waals surface area contributed by atoms with Crippen molar-refractivity contribution >= 4 is 22.6 Å². The van der Waals surface area contributed by atoms with Gasteiger partial charge in [-0.25, -0.2) is 4.98 Å². The average molecular weight is 391 g/mol. The third-order valence-corrected chi connectivity index (χ3v) is 5.49. The Balaban J connectivity index is 1.34. The van der Waals surface area contributed by atoms with Gasteiger partial charge in [0, 0.05) is 24.6 Å². The van der Waals surface area contributed by atoms with E-state index in [1.165, 1.54) is 17.2 Å². The van der Waals surface area contributed by atoms with E-state index in [0.717, 1.165) is 25.7 Å². The highest BCUT2D eigenvalue weighted by Crippen LogP contribution is 2.46. The number of carbonyl (C=O) groups is 1. The van der Waals surface area contributed by atoms with E-state index in [9.17, 15) is 9.59 Å². The Bertz CT molecular complexity index is 1150. The van der Waals surface area contributed by atoms with Gasteiger partial charge in [0.15, 0.2) is 11.5 Å². The Morgan fingerprint density at radius 1 is 1.07 bits per heavy atom. The van der Waals surface area contributed by atoms with Gasteiger partial charge in [-0.15, -0.1) is 0 Å². The number of amides is 1. The molecule has 1 fully saturated rings. The molecular formula is C22H21N3O4. The lowest BCUT2D eigenvalue weighted by molar-refractivity contribution is -0.116. The summed E-state index contributed by atoms with van der Waals surface area (Å²) in [5, 5.41) is 2.85. The first-order valence-electron chi connectivity index (χ1n) is 9.88. The van der Waals surface area contributed by atoms with E-state index < -0.39 is 5.79 Å². The van der Waals surface area contributed by atoms with Crippen molar-refractivity contribution < 1.29 is 14.3 Å². The number of fused-ring (bicyclic) bond motifs is 2. The van der Waals surface area contributed by atoms with Crippen LogP contribution in [0.4, 0.5) is 5.69 Å². The number of carbonyl (C=O) groups excluding carboxylic acids is 1. The highest BCUT2D eigenvalue weighted by Gasteiger charge is 2.42. The van der Waals surface area contributed by atoms with Crippen molar-refractivity contribution in [3.8, 4) is 11.5 Å². The molecule has 2 aromatic carbocycles. The van der Waals surface area contributed by atoms with Crippen LogP contribution in [0, 0.1) is 0 Å². The number of hydrogen-bond donors (Lipinski definition) is 1. The summed E-state index contributed by atoms with van der Waals surface area (Å²) in [6.07, 6.45) is 6.37. The van der Waals surface area contributed by atoms with Gasteiger partial charge in [-0.1, -0.05) is 18.6 Å². The molecule has 29 heavy (non-hydrogen) atoms. The Morgan fingerprint density at radius 3 is 2.72 bits per heavy atom. The molecule has 148 valence electrons. The Kier molecular flexibility index (Phi) is 4.23. The fraction of sp³-hybridized carbons (Fsp3) is 0.318. The van der Waals surface area contributed by atoms with Gasteiger partial charge in [0.25, 0.3) is 11.3 Å². The number of rotatable bonds is 3. The summed E-state index contributed by atoms with van der Waals surface area (Å²) in [6.45, 7) is -0.0970. The predicted octanol–water partition coefficient (Wildman–Crippen LogP) is 3.47. The van der Waals surface area contributed by atoms with Crippen LogP contribution in [0.25, 0.3) is 11.0 Å². The van der Waals surface area contributed by atoms with Crippen molar-refractivity contribution in [1.82, 2.24) is 9.55 Å². The summed E-state index contributed by atoms with van der Waals surface area (Å²) in [4.78, 5) is 29.0. The molecule has 2 heterocycles. The van der Waals surface area contributed by atoms with E-state index in [4.69, 9.17) is 9.47 Å². The third kappa shape index (κ3) is 3.33. The number of hydrogen-bond acceptors (Lipinski definition) is 5. The maximum atomic E-state index is 12.6. The fourth-order valence-corrected chi connectivity index (χ4v) is 4.09. The van der Waals surface area contributed by atoms with Gasteiger partial charge in [0.1, 0.15) is 6.54 Å². The summed E-state index contributed by atoms with van der Waals surface area (Å²) in [7, 11) is 0. The Hall–Kier alpha value is -3.35. The number of aromatic nitrogens is 2. The van der Waals surface area contributed by atoms with E-state index in [0.29, 0.717) is 28.2 Å². The van der Waals surface area contributed by atoms with E-state index in [2.05, 4.69) is 10.3 Å². The van der Waals surface area contributed by atoms with Crippen LogP contribution in [0.15, 0.2) is 53.5 Å². The van der Waals surface area contributed by atoms with E-state index in [1.54, 1.807) is 18.2 Å². The topological polar surface area (TPSA) is 82.5 Å². The fourth-order valence-electron chi connectivity index (χ4n) is 4.09. The first-order valence-corrected chi connectivity index (χ1v) is 9.88. The monoisotopic (exact) mass is 391 g/mol. The standard InChI is InChI=1S/C22H21N3O4/c26-20(14-25-17-7-3-2-6-16(17)23-13-21(25)27)24-15-8-9-18-19(12-15)29-22(28-18)10-4-1-5-11-22/h2-3,6-9,12-13H,1,4-5,10-11,14H2,(H,24,26). The third-order valence-electron chi connectivity index (χ3n) is 5.49. The molecule has 1 spiro atoms. The minimum absolute atomic E-state index is 0.0970. The van der Waals surface area contributed by atoms with Crippen LogP contribution in [-0.4, -0.2) is 21.2 Å². The van der Waals surface area contributed by atoms with Crippen LogP contribution in [-0.2, 0) is 11.3 Å². The molecule has 0 unspecified atom stereocenters. The summed E-state index contributed by atoms with van der Waals surface area (Å²) >= 11 is 0. The smallest absolute Gasteiger partial charge is 0.269 e. The number of benzene rings is 2. The largest absolute Gasteiger partial charge is 0.448 e. The second-order valence-corrected chi connectivity index (χ2v) is 7.56. The Labute approximate surface area is 167 Å². The van der Waals surface area contributed by atoms with Crippen LogP contribution >= 0.6 is 0 Å². The van der Waals surface area contributed by atoms with Crippen LogP contribution in [0.2, 0.25) is 0 Å². The van der Waals surface area contributed by atoms with Crippen LogP contribution in [0.3, 0.4) is 0 Å². The molecule has 5 rings (SSSR count). The molecule has 2 aliphatic rings. The average Bonchev–Trinajstić information content (AvgIpc) is 3.07. The molecule has 0 atom stereocenters. The molecule has 1 amide bonds. The van der Waals surface area contributed by atoms with Crippen molar-refractivity contribution in [2.24, 2.45) is 0 Å². The summed E-state index contributed by atoms with van der Waals surface area (Å²) in [5.74, 6) is 0.513. The maximum absolute atomic E-state index is 12.6. The number of nitrogens with one attached hydrogen (secondary N) is 1. The van der Waals surface area contributed by atoms with Crippen molar-refractivity contribution in [3.05, 3.63) is 59.0 Å². The maximum Gasteiger partial charge on any atom is 0.269 e. The zero-order valence-corrected chi connectivity index (χ0v) is 15.9. The molecule has 1 aliphatic carbocycles. The highest BCUT2D eigenvalue weighted by atomic mass is 16.7. The SMILES string of the molecule is O=C(Cn1c(=O)cnc2ccccc21)Nc1ccc2c(c1)OC1(CCCCC1)O2. The van der Waals surface area contributed by atoms with Crippen molar-refractivity contribution in [2.75, 3.05) is 5.32 Å². The first-order chi connectivity index (χ1) is 14.1. The van der Waals surface area contributed by atoms with Crippen LogP contribution in [0.5, 0.6) is 11.5 Å². The minimum atomic E-state index is -0.549. The van der Waals surface area contributed by atoms with Crippen LogP contribution < -0.4 is 20.3 Å². The number of ether oxygens (including phenoxy) is 2. The molecule has 1 saturated carbocycles. The molecule has 1 aromatic heterocycles. The molecule has 3 aromatic rings. The Morgan fingerprint density at radius 2 is 1.86 bits per heavy atom. The van der Waals surface area contributed by atoms with Gasteiger partial charge in [-0.05, 0) is 37.1 Å². The van der Waals surface area contributed by atoms with Gasteiger partial charge in [-0.3, -0.25) is 14.2 Å². The molecule has 0 bridgehead atoms. The van der Waals surface area contributed by atoms with Gasteiger partial charge in [0.05, 0.1) is 17.2 Å². The van der Waals surface area contributed by atoms with Crippen LogP contribution in [0.1, 0.15) is 32.1 Å². The summed E-state index contributed by atoms with van der Waals surface area (Å²) in [5.41, 5.74) is 1.58. The number of para-hydroxylation sites is 2. The summed E-state index contributed by atoms with van der Waals surface area (Å²) in [6, 6.07) is 12.6. The molecular weight excluding hydrogens is 370 g/mol. The number of anilines is 1. The second-order valence-electron chi connectivity index (χ2n) is 7.56. The molecule has 0 saturated heterocycles. The van der Waals surface area contributed by atoms with Gasteiger partial charge < -0.3 is 14.8 Å². The van der Waals surface area contributed by atoms with E-state index >= 15 is 0 Å². The first kappa shape index (κ1) is 17.7. The van der Waals surface area contributed by atoms with Gasteiger partial charge >= 0.3 is 0 Å². The molecule has 0 radical (unpaired) electrons. The van der Waals surface area contributed by atoms with Crippen molar-refractivity contribution in [2.45, 2.75) is 44.4 Å². The van der Waals surface area contributed by atoms with E-state index in [1.807, 2.05) is 24.3 Å². The molecule has 1 aliphatic heterocycles. The molecule has 7 heteroatoms. The quantitative estimate of drug-likeness (QED) is 0.739. The van der Waals surface area contributed by atoms with Crippen molar-refractivity contribution in [3.63, 3.8) is 0 Å². The molecule has 7 nitrogen and oxygen atoms in total. The van der Waals surface area contributed by atoms with E-state index in [-0.39, 0.29) is 18.0 Å². The lowest BCUT2D eigenvalue weighted by Crippen LogP contribution is -2.40. The number of nitrogens with zero attached hydrogens (tertiary/aromatic N) is 2. The van der Waals surface area contributed by atoms with Crippen molar-refractivity contribution in [1.29, 1.82) is 0 Å². The minimum Gasteiger partial charge on any atom is -0.448 e. The lowest BCUT2D eigenvalue weighted by Gasteiger charge is -2.31.